The largest absolute Gasteiger partial charge is 1.00 e. The number of nitrogens with zero attached hydrogens (tertiary/aromatic N) is 5. The molecule has 4 aromatic rings. The van der Waals surface area contributed by atoms with E-state index in [1.54, 1.807) is 25.3 Å². The molecular formula is C26H18Cl5N6NaO4S2. The van der Waals surface area contributed by atoms with E-state index in [1.807, 2.05) is 13.0 Å². The van der Waals surface area contributed by atoms with Gasteiger partial charge in [0.05, 0.1) is 35.6 Å². The second-order valence-corrected chi connectivity index (χ2v) is 14.0. The monoisotopic (exact) mass is 740 g/mol. The van der Waals surface area contributed by atoms with Crippen molar-refractivity contribution in [2.75, 3.05) is 5.73 Å². The first-order valence-electron chi connectivity index (χ1n) is 11.3. The number of benzene rings is 2. The average molecular weight is 743 g/mol. The Morgan fingerprint density at radius 2 is 1.18 bits per heavy atom. The van der Waals surface area contributed by atoms with E-state index in [0.29, 0.717) is 22.0 Å². The number of nitrogens with two attached hydrogens (primary N) is 1. The number of aryl methyl sites for hydroxylation is 2. The fraction of sp³-hybridized carbons (Fsp3) is 0.0769. The van der Waals surface area contributed by atoms with Gasteiger partial charge < -0.3 is 10.5 Å². The van der Waals surface area contributed by atoms with Crippen LogP contribution >= 0.6 is 57.1 Å². The first-order valence-corrected chi connectivity index (χ1v) is 16.6. The first-order chi connectivity index (χ1) is 20.0. The maximum atomic E-state index is 12.2. The number of hydrogen-bond donors (Lipinski definition) is 1. The third kappa shape index (κ3) is 11.9. The van der Waals surface area contributed by atoms with E-state index in [2.05, 4.69) is 14.7 Å². The van der Waals surface area contributed by atoms with E-state index in [0.717, 1.165) is 5.56 Å². The molecule has 0 aliphatic rings. The predicted molar refractivity (Wildman–Crippen MR) is 168 cm³/mol. The fourth-order valence-corrected chi connectivity index (χ4v) is 5.36. The smallest absolute Gasteiger partial charge is 0.570 e. The van der Waals surface area contributed by atoms with Crippen molar-refractivity contribution in [2.24, 2.45) is 0 Å². The number of aromatic nitrogens is 2. The Morgan fingerprint density at radius 1 is 0.727 bits per heavy atom. The molecule has 0 bridgehead atoms. The second-order valence-electron chi connectivity index (χ2n) is 8.21. The van der Waals surface area contributed by atoms with Crippen LogP contribution in [0.4, 0.5) is 11.4 Å². The maximum Gasteiger partial charge on any atom is 1.00 e. The quantitative estimate of drug-likeness (QED) is 0.228. The van der Waals surface area contributed by atoms with Crippen LogP contribution in [0.15, 0.2) is 70.7 Å². The topological polar surface area (TPSA) is 182 Å². The molecule has 4 rings (SSSR count). The van der Waals surface area contributed by atoms with Gasteiger partial charge in [-0.05, 0) is 67.4 Å². The summed E-state index contributed by atoms with van der Waals surface area (Å²) >= 11 is 22.7. The molecule has 0 spiro atoms. The van der Waals surface area contributed by atoms with Crippen molar-refractivity contribution >= 4 is 87.5 Å². The van der Waals surface area contributed by atoms with Gasteiger partial charge in [0.25, 0.3) is 9.05 Å². The zero-order valence-corrected chi connectivity index (χ0v) is 30.3. The third-order valence-corrected chi connectivity index (χ3v) is 8.97. The average Bonchev–Trinajstić information content (AvgIpc) is 2.92. The van der Waals surface area contributed by atoms with Gasteiger partial charge >= 0.3 is 29.6 Å². The van der Waals surface area contributed by atoms with Crippen LogP contribution in [-0.2, 0) is 19.1 Å². The molecule has 0 saturated carbocycles. The summed E-state index contributed by atoms with van der Waals surface area (Å²) in [6.07, 6.45) is 3.08. The second kappa shape index (κ2) is 17.4. The number of sulfonamides is 1. The minimum atomic E-state index is -4.01. The molecule has 0 aliphatic carbocycles. The third-order valence-electron chi connectivity index (χ3n) is 4.85. The Kier molecular flexibility index (Phi) is 15.7. The van der Waals surface area contributed by atoms with E-state index in [4.69, 9.17) is 73.3 Å². The summed E-state index contributed by atoms with van der Waals surface area (Å²) in [5.41, 5.74) is 7.78. The Bertz CT molecular complexity index is 1970. The predicted octanol–water partition coefficient (Wildman–Crippen LogP) is 4.73. The fourth-order valence-electron chi connectivity index (χ4n) is 2.84. The molecule has 2 N–H and O–H groups in total. The molecule has 0 atom stereocenters. The van der Waals surface area contributed by atoms with E-state index in [-0.39, 0.29) is 65.8 Å². The van der Waals surface area contributed by atoms with E-state index in [9.17, 15) is 16.8 Å². The molecule has 2 heterocycles. The minimum absolute atomic E-state index is 0. The number of anilines is 1. The number of halogens is 5. The zero-order chi connectivity index (χ0) is 32.5. The van der Waals surface area contributed by atoms with E-state index < -0.39 is 19.1 Å². The summed E-state index contributed by atoms with van der Waals surface area (Å²) in [4.78, 5) is 7.48. The zero-order valence-electron chi connectivity index (χ0n) is 22.9. The van der Waals surface area contributed by atoms with Crippen molar-refractivity contribution in [1.29, 1.82) is 10.5 Å². The van der Waals surface area contributed by atoms with Gasteiger partial charge in [0.1, 0.15) is 27.9 Å². The van der Waals surface area contributed by atoms with Crippen LogP contribution < -0.4 is 35.3 Å². The van der Waals surface area contributed by atoms with Crippen LogP contribution in [-0.4, -0.2) is 26.8 Å². The molecular weight excluding hydrogens is 725 g/mol. The van der Waals surface area contributed by atoms with Gasteiger partial charge in [0, 0.05) is 23.1 Å². The van der Waals surface area contributed by atoms with Gasteiger partial charge in [-0.25, -0.2) is 26.8 Å². The van der Waals surface area contributed by atoms with Gasteiger partial charge in [-0.15, -0.1) is 0 Å². The molecule has 0 saturated heterocycles. The number of hydrogen-bond acceptors (Lipinski definition) is 9. The van der Waals surface area contributed by atoms with Crippen LogP contribution in [0.1, 0.15) is 22.5 Å². The first kappa shape index (κ1) is 39.7. The molecule has 0 radical (unpaired) electrons. The van der Waals surface area contributed by atoms with Crippen LogP contribution in [0, 0.1) is 36.5 Å². The van der Waals surface area contributed by atoms with Crippen LogP contribution in [0.2, 0.25) is 20.1 Å². The van der Waals surface area contributed by atoms with Crippen molar-refractivity contribution < 1.29 is 46.4 Å². The molecule has 0 fully saturated rings. The Hall–Kier alpha value is -2.33. The van der Waals surface area contributed by atoms with E-state index in [1.165, 1.54) is 48.7 Å². The molecule has 44 heavy (non-hydrogen) atoms. The summed E-state index contributed by atoms with van der Waals surface area (Å²) in [6, 6.07) is 14.6. The molecule has 10 nitrogen and oxygen atoms in total. The molecule has 18 heteroatoms. The van der Waals surface area contributed by atoms with Gasteiger partial charge in [-0.1, -0.05) is 58.2 Å². The Balaban J connectivity index is 0.000000358. The summed E-state index contributed by atoms with van der Waals surface area (Å²) in [7, 11) is -2.67. The van der Waals surface area contributed by atoms with Crippen LogP contribution in [0.25, 0.3) is 4.72 Å². The normalized spacial score (nSPS) is 10.4. The van der Waals surface area contributed by atoms with Gasteiger partial charge in [-0.2, -0.15) is 10.5 Å². The van der Waals surface area contributed by atoms with Crippen LogP contribution in [0.5, 0.6) is 0 Å². The molecule has 0 aliphatic heterocycles. The van der Waals surface area contributed by atoms with Crippen molar-refractivity contribution in [3.05, 3.63) is 108 Å². The van der Waals surface area contributed by atoms with Crippen molar-refractivity contribution in [1.82, 2.24) is 9.97 Å². The number of rotatable bonds is 4. The van der Waals surface area contributed by atoms with Gasteiger partial charge in [-0.3, -0.25) is 0 Å². The molecule has 2 aromatic carbocycles. The van der Waals surface area contributed by atoms with Crippen molar-refractivity contribution in [3.63, 3.8) is 0 Å². The number of pyridine rings is 2. The Morgan fingerprint density at radius 3 is 1.64 bits per heavy atom. The SMILES string of the molecule is Cc1cnc(C#N)c(N)c1.Cc1cnc(C#N)c([N-]S(=O)(=O)c2ccc(Cl)c(Cl)c2)c1.O=S(=O)(Cl)c1ccc(Cl)c(Cl)c1.[Na+]. The van der Waals surface area contributed by atoms with Gasteiger partial charge in [0.2, 0.25) is 0 Å². The summed E-state index contributed by atoms with van der Waals surface area (Å²) in [6.45, 7) is 3.60. The summed E-state index contributed by atoms with van der Waals surface area (Å²) in [5.74, 6) is 0. The van der Waals surface area contributed by atoms with Crippen molar-refractivity contribution in [3.8, 4) is 12.1 Å². The standard InChI is InChI=1S/C13H8Cl2N3O2S.C7H7N3.C6H3Cl3O2S.Na/c1-8-4-12(13(6-16)17-7-8)18-21(19,20)9-2-3-10(14)11(15)5-9;1-5-2-6(9)7(3-8)10-4-5;7-5-2-1-4(3-6(5)8)12(9,10)11;/h2-5,7H,1H3;2,4H,9H2,1H3;1-3H;/q-1;;;+1. The molecule has 0 amide bonds. The molecule has 224 valence electrons. The summed E-state index contributed by atoms with van der Waals surface area (Å²) in [5, 5.41) is 18.2. The van der Waals surface area contributed by atoms with E-state index >= 15 is 0 Å². The number of nitrogen functional groups attached to an aromatic ring is 1. The minimum Gasteiger partial charge on any atom is -0.570 e. The van der Waals surface area contributed by atoms with Gasteiger partial charge in [0.15, 0.2) is 5.69 Å². The van der Waals surface area contributed by atoms with Crippen molar-refractivity contribution in [2.45, 2.75) is 23.6 Å². The molecule has 2 aromatic heterocycles. The summed E-state index contributed by atoms with van der Waals surface area (Å²) < 4.78 is 49.6. The van der Waals surface area contributed by atoms with Crippen LogP contribution in [0.3, 0.4) is 0 Å². The maximum absolute atomic E-state index is 12.2. The molecule has 0 unspecified atom stereocenters. The number of nitriles is 2. The Labute approximate surface area is 301 Å².